The van der Waals surface area contributed by atoms with Gasteiger partial charge in [-0.05, 0) is 49.1 Å². The number of carbonyl (C=O) groups is 2. The molecule has 2 amide bonds. The van der Waals surface area contributed by atoms with E-state index in [1.807, 2.05) is 0 Å². The predicted octanol–water partition coefficient (Wildman–Crippen LogP) is 3.21. The molecule has 1 aliphatic carbocycles. The Hall–Kier alpha value is -4.22. The lowest BCUT2D eigenvalue weighted by atomic mass is 10.1. The molecule has 1 saturated carbocycles. The molecule has 2 aliphatic rings. The number of nitrogens with two attached hydrogens (primary N) is 1. The molecule has 3 aromatic heterocycles. The Balaban J connectivity index is 1.35. The lowest BCUT2D eigenvalue weighted by Crippen LogP contribution is -2.46. The number of fused-ring (bicyclic) bond motifs is 4. The Morgan fingerprint density at radius 1 is 1.11 bits per heavy atom. The van der Waals surface area contributed by atoms with Gasteiger partial charge in [-0.3, -0.25) is 9.59 Å². The zero-order valence-electron chi connectivity index (χ0n) is 18.7. The van der Waals surface area contributed by atoms with Crippen molar-refractivity contribution < 1.29 is 22.8 Å². The van der Waals surface area contributed by atoms with Gasteiger partial charge in [-0.15, -0.1) is 0 Å². The second-order valence-electron chi connectivity index (χ2n) is 9.09. The summed E-state index contributed by atoms with van der Waals surface area (Å²) in [5, 5.41) is 3.22. The molecule has 0 spiro atoms. The minimum atomic E-state index is -4.55. The first-order chi connectivity index (χ1) is 17.2. The molecule has 184 valence electrons. The van der Waals surface area contributed by atoms with Crippen molar-refractivity contribution in [2.75, 3.05) is 11.1 Å². The van der Waals surface area contributed by atoms with Crippen LogP contribution in [0, 0.1) is 5.92 Å². The van der Waals surface area contributed by atoms with E-state index in [0.717, 1.165) is 18.6 Å². The number of nitrogen functional groups attached to an aromatic ring is 1. The van der Waals surface area contributed by atoms with Crippen LogP contribution in [0.15, 0.2) is 48.9 Å². The van der Waals surface area contributed by atoms with Crippen LogP contribution in [0.2, 0.25) is 0 Å². The third-order valence-electron chi connectivity index (χ3n) is 6.90. The van der Waals surface area contributed by atoms with Crippen molar-refractivity contribution in [3.8, 4) is 0 Å². The number of amides is 2. The van der Waals surface area contributed by atoms with Crippen LogP contribution in [0.3, 0.4) is 0 Å². The number of halogens is 3. The molecule has 6 rings (SSSR count). The van der Waals surface area contributed by atoms with Gasteiger partial charge in [0.1, 0.15) is 36.2 Å². The fraction of sp³-hybridized carbons (Fsp3) is 0.292. The summed E-state index contributed by atoms with van der Waals surface area (Å²) in [6.45, 7) is -0.210. The molecule has 2 fully saturated rings. The number of rotatable bonds is 4. The second-order valence-corrected chi connectivity index (χ2v) is 9.09. The number of benzene rings is 1. The summed E-state index contributed by atoms with van der Waals surface area (Å²) in [7, 11) is 0. The van der Waals surface area contributed by atoms with Crippen LogP contribution in [-0.2, 0) is 22.3 Å². The van der Waals surface area contributed by atoms with E-state index in [0.29, 0.717) is 17.8 Å². The van der Waals surface area contributed by atoms with Gasteiger partial charge in [0.05, 0.1) is 16.5 Å². The molecule has 1 aliphatic heterocycles. The van der Waals surface area contributed by atoms with Crippen LogP contribution in [0.5, 0.6) is 0 Å². The number of hydrogen-bond acceptors (Lipinski definition) is 6. The molecule has 3 atom stereocenters. The number of aromatic nitrogens is 4. The van der Waals surface area contributed by atoms with Crippen LogP contribution in [-0.4, -0.2) is 48.3 Å². The van der Waals surface area contributed by atoms with Crippen LogP contribution in [0.4, 0.5) is 24.8 Å². The van der Waals surface area contributed by atoms with Gasteiger partial charge in [0.25, 0.3) is 0 Å². The average molecular weight is 495 g/mol. The number of carbonyl (C=O) groups excluding carboxylic acids is 2. The number of likely N-dealkylation sites (tertiary alicyclic amines) is 1. The van der Waals surface area contributed by atoms with E-state index >= 15 is 0 Å². The summed E-state index contributed by atoms with van der Waals surface area (Å²) >= 11 is 0. The molecular weight excluding hydrogens is 475 g/mol. The number of nitrogens with zero attached hydrogens (tertiary/aromatic N) is 5. The van der Waals surface area contributed by atoms with Crippen LogP contribution in [0.1, 0.15) is 18.4 Å². The average Bonchev–Trinajstić information content (AvgIpc) is 3.39. The number of nitrogens with one attached hydrogen (secondary N) is 1. The quantitative estimate of drug-likeness (QED) is 0.449. The van der Waals surface area contributed by atoms with Gasteiger partial charge < -0.3 is 20.5 Å². The van der Waals surface area contributed by atoms with Crippen molar-refractivity contribution in [3.63, 3.8) is 0 Å². The molecule has 9 nitrogen and oxygen atoms in total. The fourth-order valence-corrected chi connectivity index (χ4v) is 5.19. The lowest BCUT2D eigenvalue weighted by molar-refractivity contribution is -0.138. The molecule has 4 heterocycles. The van der Waals surface area contributed by atoms with E-state index in [4.69, 9.17) is 5.73 Å². The molecule has 1 saturated heterocycles. The largest absolute Gasteiger partial charge is 0.416 e. The van der Waals surface area contributed by atoms with Gasteiger partial charge in [-0.1, -0.05) is 6.07 Å². The van der Waals surface area contributed by atoms with Gasteiger partial charge >= 0.3 is 6.18 Å². The number of piperidine rings is 1. The highest BCUT2D eigenvalue weighted by atomic mass is 19.4. The van der Waals surface area contributed by atoms with Crippen LogP contribution < -0.4 is 11.1 Å². The molecule has 0 radical (unpaired) electrons. The molecule has 3 N–H and O–H groups in total. The number of alkyl halides is 3. The molecule has 1 aromatic carbocycles. The summed E-state index contributed by atoms with van der Waals surface area (Å²) < 4.78 is 41.7. The first kappa shape index (κ1) is 22.3. The Bertz CT molecular complexity index is 1520. The monoisotopic (exact) mass is 495 g/mol. The molecule has 36 heavy (non-hydrogen) atoms. The van der Waals surface area contributed by atoms with Gasteiger partial charge in [0, 0.05) is 17.6 Å². The SMILES string of the molecule is Nc1ncnc2c1c1cc(C(F)(F)F)ccc1n2CC(=O)N1C2C[C@@H]2C[C@H]1C(=O)Nc1ccccn1. The summed E-state index contributed by atoms with van der Waals surface area (Å²) in [4.78, 5) is 40.4. The number of anilines is 2. The zero-order chi connectivity index (χ0) is 25.2. The predicted molar refractivity (Wildman–Crippen MR) is 124 cm³/mol. The second kappa shape index (κ2) is 7.90. The molecule has 1 unspecified atom stereocenters. The Morgan fingerprint density at radius 3 is 2.69 bits per heavy atom. The van der Waals surface area contributed by atoms with E-state index in [9.17, 15) is 22.8 Å². The Morgan fingerprint density at radius 2 is 1.94 bits per heavy atom. The Labute approximate surface area is 202 Å². The highest BCUT2D eigenvalue weighted by Crippen LogP contribution is 2.48. The summed E-state index contributed by atoms with van der Waals surface area (Å²) in [6, 6.07) is 7.71. The van der Waals surface area contributed by atoms with Crippen molar-refractivity contribution in [3.05, 3.63) is 54.5 Å². The molecule has 12 heteroatoms. The van der Waals surface area contributed by atoms with Crippen molar-refractivity contribution >= 4 is 45.4 Å². The first-order valence-electron chi connectivity index (χ1n) is 11.3. The van der Waals surface area contributed by atoms with E-state index in [-0.39, 0.29) is 52.6 Å². The summed E-state index contributed by atoms with van der Waals surface area (Å²) in [6.07, 6.45) is -0.418. The van der Waals surface area contributed by atoms with E-state index < -0.39 is 17.8 Å². The van der Waals surface area contributed by atoms with Gasteiger partial charge in [0.15, 0.2) is 0 Å². The number of hydrogen-bond donors (Lipinski definition) is 2. The topological polar surface area (TPSA) is 119 Å². The fourth-order valence-electron chi connectivity index (χ4n) is 5.19. The third-order valence-corrected chi connectivity index (χ3v) is 6.90. The minimum absolute atomic E-state index is 0.0200. The normalized spacial score (nSPS) is 21.1. The maximum absolute atomic E-state index is 13.6. The van der Waals surface area contributed by atoms with Gasteiger partial charge in [0.2, 0.25) is 11.8 Å². The molecule has 4 aromatic rings. The molecular formula is C24H20F3N7O2. The number of pyridine rings is 1. The molecule has 0 bridgehead atoms. The van der Waals surface area contributed by atoms with Crippen molar-refractivity contribution in [2.24, 2.45) is 5.92 Å². The maximum atomic E-state index is 13.6. The van der Waals surface area contributed by atoms with E-state index in [1.165, 1.54) is 17.0 Å². The van der Waals surface area contributed by atoms with Crippen molar-refractivity contribution in [1.82, 2.24) is 24.4 Å². The zero-order valence-corrected chi connectivity index (χ0v) is 18.7. The van der Waals surface area contributed by atoms with Crippen LogP contribution in [0.25, 0.3) is 21.9 Å². The Kier molecular flexibility index (Phi) is 4.88. The van der Waals surface area contributed by atoms with Gasteiger partial charge in [-0.2, -0.15) is 13.2 Å². The minimum Gasteiger partial charge on any atom is -0.383 e. The lowest BCUT2D eigenvalue weighted by Gasteiger charge is -2.27. The summed E-state index contributed by atoms with van der Waals surface area (Å²) in [5.41, 5.74) is 5.80. The van der Waals surface area contributed by atoms with E-state index in [1.54, 1.807) is 29.3 Å². The summed E-state index contributed by atoms with van der Waals surface area (Å²) in [5.74, 6) is 0.0193. The van der Waals surface area contributed by atoms with E-state index in [2.05, 4.69) is 20.3 Å². The first-order valence-corrected chi connectivity index (χ1v) is 11.3. The third kappa shape index (κ3) is 3.60. The van der Waals surface area contributed by atoms with Gasteiger partial charge in [-0.25, -0.2) is 15.0 Å². The van der Waals surface area contributed by atoms with Crippen LogP contribution >= 0.6 is 0 Å². The highest BCUT2D eigenvalue weighted by Gasteiger charge is 2.56. The maximum Gasteiger partial charge on any atom is 0.416 e. The smallest absolute Gasteiger partial charge is 0.383 e. The highest BCUT2D eigenvalue weighted by molar-refractivity contribution is 6.12. The van der Waals surface area contributed by atoms with Crippen molar-refractivity contribution in [1.29, 1.82) is 0 Å². The van der Waals surface area contributed by atoms with Crippen molar-refractivity contribution in [2.45, 2.75) is 37.6 Å². The standard InChI is InChI=1S/C24H20F3N7O2/c25-24(26,27)13-4-5-15-14(9-13)20-21(28)30-11-31-22(20)33(15)10-19(35)34-16-7-12(16)8-17(34)23(36)32-18-3-1-2-6-29-18/h1-6,9,11-12,16-17H,7-8,10H2,(H2,28,30,31)(H,29,32,36)/t12-,16?,17+/m1/s1.